The first-order valence-corrected chi connectivity index (χ1v) is 5.82. The van der Waals surface area contributed by atoms with Crippen molar-refractivity contribution in [2.75, 3.05) is 21.2 Å². The molecule has 104 valence electrons. The first-order chi connectivity index (χ1) is 9.56. The molecule has 20 heavy (non-hydrogen) atoms. The van der Waals surface area contributed by atoms with Gasteiger partial charge in [-0.3, -0.25) is 4.79 Å². The number of rotatable bonds is 5. The standard InChI is InChI=1S/C14H16N4O2/c1-18(2)10-12(8-15)14(19)17-16-9-11-4-6-13(20-3)7-5-11/h4-7,9-10H,1-3H3,(H,17,19)/b12-10+,16-9-. The minimum atomic E-state index is -0.550. The van der Waals surface area contributed by atoms with Crippen molar-refractivity contribution in [1.29, 1.82) is 5.26 Å². The van der Waals surface area contributed by atoms with Crippen molar-refractivity contribution >= 4 is 12.1 Å². The van der Waals surface area contributed by atoms with E-state index in [1.165, 1.54) is 12.4 Å². The molecule has 0 atom stereocenters. The zero-order valence-corrected chi connectivity index (χ0v) is 11.6. The van der Waals surface area contributed by atoms with E-state index in [1.807, 2.05) is 6.07 Å². The Balaban J connectivity index is 2.63. The summed E-state index contributed by atoms with van der Waals surface area (Å²) in [6.45, 7) is 0. The van der Waals surface area contributed by atoms with E-state index in [0.717, 1.165) is 11.3 Å². The molecule has 0 spiro atoms. The Morgan fingerprint density at radius 3 is 2.55 bits per heavy atom. The van der Waals surface area contributed by atoms with Gasteiger partial charge in [-0.15, -0.1) is 0 Å². The fourth-order valence-corrected chi connectivity index (χ4v) is 1.31. The van der Waals surface area contributed by atoms with Crippen molar-refractivity contribution in [1.82, 2.24) is 10.3 Å². The third-order valence-corrected chi connectivity index (χ3v) is 2.25. The van der Waals surface area contributed by atoms with E-state index in [9.17, 15) is 4.79 Å². The van der Waals surface area contributed by atoms with E-state index in [2.05, 4.69) is 10.5 Å². The van der Waals surface area contributed by atoms with Gasteiger partial charge in [-0.2, -0.15) is 10.4 Å². The fraction of sp³-hybridized carbons (Fsp3) is 0.214. The molecule has 0 aromatic heterocycles. The van der Waals surface area contributed by atoms with Crippen LogP contribution >= 0.6 is 0 Å². The van der Waals surface area contributed by atoms with Gasteiger partial charge >= 0.3 is 0 Å². The first-order valence-electron chi connectivity index (χ1n) is 5.82. The van der Waals surface area contributed by atoms with Gasteiger partial charge in [0.1, 0.15) is 17.4 Å². The Kier molecular flexibility index (Phi) is 5.78. The summed E-state index contributed by atoms with van der Waals surface area (Å²) in [5, 5.41) is 12.6. The lowest BCUT2D eigenvalue weighted by Gasteiger charge is -2.05. The van der Waals surface area contributed by atoms with Gasteiger partial charge in [0, 0.05) is 20.3 Å². The van der Waals surface area contributed by atoms with Crippen LogP contribution < -0.4 is 10.2 Å². The minimum absolute atomic E-state index is 0.0121. The van der Waals surface area contributed by atoms with E-state index >= 15 is 0 Å². The molecule has 0 saturated carbocycles. The Hall–Kier alpha value is -2.81. The highest BCUT2D eigenvalue weighted by molar-refractivity contribution is 5.97. The van der Waals surface area contributed by atoms with Gasteiger partial charge in [-0.25, -0.2) is 5.43 Å². The lowest BCUT2D eigenvalue weighted by molar-refractivity contribution is -0.117. The fourth-order valence-electron chi connectivity index (χ4n) is 1.31. The second-order valence-electron chi connectivity index (χ2n) is 4.09. The average molecular weight is 272 g/mol. The summed E-state index contributed by atoms with van der Waals surface area (Å²) in [4.78, 5) is 13.3. The lowest BCUT2D eigenvalue weighted by atomic mass is 10.2. The Morgan fingerprint density at radius 2 is 2.05 bits per heavy atom. The van der Waals surface area contributed by atoms with Crippen LogP contribution in [-0.4, -0.2) is 38.2 Å². The van der Waals surface area contributed by atoms with Gasteiger partial charge in [0.15, 0.2) is 0 Å². The molecule has 1 N–H and O–H groups in total. The van der Waals surface area contributed by atoms with Crippen LogP contribution in [0.15, 0.2) is 41.1 Å². The third-order valence-electron chi connectivity index (χ3n) is 2.25. The van der Waals surface area contributed by atoms with Crippen LogP contribution in [0, 0.1) is 11.3 Å². The van der Waals surface area contributed by atoms with E-state index < -0.39 is 5.91 Å². The molecule has 0 heterocycles. The molecule has 0 bridgehead atoms. The van der Waals surface area contributed by atoms with Gasteiger partial charge in [-0.1, -0.05) is 0 Å². The maximum atomic E-state index is 11.6. The number of hydrogen-bond acceptors (Lipinski definition) is 5. The Labute approximate surface area is 118 Å². The molecule has 0 fully saturated rings. The number of methoxy groups -OCH3 is 1. The molecule has 1 aromatic rings. The maximum absolute atomic E-state index is 11.6. The molecule has 0 saturated heterocycles. The largest absolute Gasteiger partial charge is 0.497 e. The van der Waals surface area contributed by atoms with Gasteiger partial charge < -0.3 is 9.64 Å². The molecule has 0 aliphatic heterocycles. The molecule has 0 aliphatic carbocycles. The van der Waals surface area contributed by atoms with Crippen molar-refractivity contribution < 1.29 is 9.53 Å². The normalized spacial score (nSPS) is 11.0. The first kappa shape index (κ1) is 15.2. The lowest BCUT2D eigenvalue weighted by Crippen LogP contribution is -2.20. The molecular weight excluding hydrogens is 256 g/mol. The zero-order chi connectivity index (χ0) is 15.0. The molecule has 0 aliphatic rings. The van der Waals surface area contributed by atoms with Crippen LogP contribution in [0.1, 0.15) is 5.56 Å². The van der Waals surface area contributed by atoms with Crippen LogP contribution in [-0.2, 0) is 4.79 Å². The predicted molar refractivity (Wildman–Crippen MR) is 76.1 cm³/mol. The number of hydrazone groups is 1. The number of amides is 1. The van der Waals surface area contributed by atoms with Crippen molar-refractivity contribution in [2.24, 2.45) is 5.10 Å². The zero-order valence-electron chi connectivity index (χ0n) is 11.6. The van der Waals surface area contributed by atoms with Gasteiger partial charge in [-0.05, 0) is 29.8 Å². The molecule has 1 aromatic carbocycles. The van der Waals surface area contributed by atoms with E-state index in [1.54, 1.807) is 50.4 Å². The van der Waals surface area contributed by atoms with E-state index in [0.29, 0.717) is 0 Å². The predicted octanol–water partition coefficient (Wildman–Crippen LogP) is 1.11. The Morgan fingerprint density at radius 1 is 1.40 bits per heavy atom. The summed E-state index contributed by atoms with van der Waals surface area (Å²) in [7, 11) is 5.04. The van der Waals surface area contributed by atoms with Crippen LogP contribution in [0.5, 0.6) is 5.75 Å². The van der Waals surface area contributed by atoms with E-state index in [4.69, 9.17) is 10.00 Å². The van der Waals surface area contributed by atoms with Crippen LogP contribution in [0.25, 0.3) is 0 Å². The smallest absolute Gasteiger partial charge is 0.283 e. The van der Waals surface area contributed by atoms with Crippen molar-refractivity contribution in [3.05, 3.63) is 41.6 Å². The molecule has 1 amide bonds. The summed E-state index contributed by atoms with van der Waals surface area (Å²) >= 11 is 0. The van der Waals surface area contributed by atoms with Crippen molar-refractivity contribution in [3.63, 3.8) is 0 Å². The summed E-state index contributed by atoms with van der Waals surface area (Å²) in [5.74, 6) is 0.192. The molecule has 0 unspecified atom stereocenters. The molecule has 6 heteroatoms. The second-order valence-corrected chi connectivity index (χ2v) is 4.09. The number of nitrogens with zero attached hydrogens (tertiary/aromatic N) is 3. The number of ether oxygens (including phenoxy) is 1. The summed E-state index contributed by atoms with van der Waals surface area (Å²) < 4.78 is 5.03. The molecular formula is C14H16N4O2. The van der Waals surface area contributed by atoms with Crippen molar-refractivity contribution in [2.45, 2.75) is 0 Å². The number of nitrogens with one attached hydrogen (secondary N) is 1. The van der Waals surface area contributed by atoms with Crippen molar-refractivity contribution in [3.8, 4) is 11.8 Å². The number of carbonyl (C=O) groups excluding carboxylic acids is 1. The number of hydrogen-bond donors (Lipinski definition) is 1. The minimum Gasteiger partial charge on any atom is -0.497 e. The Bertz CT molecular complexity index is 554. The van der Waals surface area contributed by atoms with E-state index in [-0.39, 0.29) is 5.57 Å². The summed E-state index contributed by atoms with van der Waals surface area (Å²) in [5.41, 5.74) is 3.09. The molecule has 0 radical (unpaired) electrons. The topological polar surface area (TPSA) is 77.7 Å². The highest BCUT2D eigenvalue weighted by atomic mass is 16.5. The molecule has 1 rings (SSSR count). The van der Waals surface area contributed by atoms with Gasteiger partial charge in [0.25, 0.3) is 5.91 Å². The number of carbonyl (C=O) groups is 1. The van der Waals surface area contributed by atoms with Gasteiger partial charge in [0.2, 0.25) is 0 Å². The average Bonchev–Trinajstić information content (AvgIpc) is 2.45. The monoisotopic (exact) mass is 272 g/mol. The molecule has 6 nitrogen and oxygen atoms in total. The summed E-state index contributed by atoms with van der Waals surface area (Å²) in [6, 6.07) is 8.99. The van der Waals surface area contributed by atoms with Gasteiger partial charge in [0.05, 0.1) is 13.3 Å². The number of nitriles is 1. The second kappa shape index (κ2) is 7.59. The maximum Gasteiger partial charge on any atom is 0.283 e. The third kappa shape index (κ3) is 4.82. The highest BCUT2D eigenvalue weighted by Crippen LogP contribution is 2.09. The quantitative estimate of drug-likeness (QED) is 0.377. The SMILES string of the molecule is COc1ccc(/C=N\NC(=O)/C(C#N)=C/N(C)C)cc1. The number of benzene rings is 1. The highest BCUT2D eigenvalue weighted by Gasteiger charge is 2.07. The van der Waals surface area contributed by atoms with Crippen LogP contribution in [0.3, 0.4) is 0 Å². The van der Waals surface area contributed by atoms with Crippen LogP contribution in [0.4, 0.5) is 0 Å². The van der Waals surface area contributed by atoms with Crippen LogP contribution in [0.2, 0.25) is 0 Å². The summed E-state index contributed by atoms with van der Waals surface area (Å²) in [6.07, 6.45) is 2.92.